The van der Waals surface area contributed by atoms with E-state index in [9.17, 15) is 0 Å². The van der Waals surface area contributed by atoms with Gasteiger partial charge in [-0.2, -0.15) is 0 Å². The lowest BCUT2D eigenvalue weighted by atomic mass is 9.90. The number of benzene rings is 5. The third-order valence-electron chi connectivity index (χ3n) is 6.03. The summed E-state index contributed by atoms with van der Waals surface area (Å²) in [5.41, 5.74) is 12.6. The molecule has 0 saturated carbocycles. The average Bonchev–Trinajstić information content (AvgIpc) is 2.85. The maximum Gasteiger partial charge on any atom is -0.0103 e. The number of rotatable bonds is 4. The van der Waals surface area contributed by atoms with E-state index >= 15 is 0 Å². The lowest BCUT2D eigenvalue weighted by molar-refractivity contribution is 1.45. The summed E-state index contributed by atoms with van der Waals surface area (Å²) in [4.78, 5) is 0. The molecule has 0 aromatic heterocycles. The van der Waals surface area contributed by atoms with E-state index in [1.165, 1.54) is 55.6 Å². The van der Waals surface area contributed by atoms with Gasteiger partial charge in [0.1, 0.15) is 0 Å². The van der Waals surface area contributed by atoms with Crippen LogP contribution >= 0.6 is 0 Å². The van der Waals surface area contributed by atoms with E-state index in [2.05, 4.69) is 135 Å². The van der Waals surface area contributed by atoms with Crippen molar-refractivity contribution in [3.63, 3.8) is 0 Å². The molecular formula is C32H26. The highest BCUT2D eigenvalue weighted by Crippen LogP contribution is 2.36. The fraction of sp³-hybridized carbons (Fsp3) is 0.0625. The Morgan fingerprint density at radius 1 is 0.312 bits per heavy atom. The van der Waals surface area contributed by atoms with Gasteiger partial charge in [0.25, 0.3) is 0 Å². The summed E-state index contributed by atoms with van der Waals surface area (Å²) in [6.45, 7) is 4.31. The Kier molecular flexibility index (Phi) is 5.44. The molecule has 0 heteroatoms. The first-order chi connectivity index (χ1) is 15.7. The second-order valence-electron chi connectivity index (χ2n) is 8.41. The molecule has 0 unspecified atom stereocenters. The molecule has 0 atom stereocenters. The third-order valence-corrected chi connectivity index (χ3v) is 6.03. The van der Waals surface area contributed by atoms with Crippen LogP contribution in [-0.4, -0.2) is 0 Å². The van der Waals surface area contributed by atoms with Crippen LogP contribution in [0.2, 0.25) is 0 Å². The molecule has 0 radical (unpaired) electrons. The number of hydrogen-bond donors (Lipinski definition) is 0. The van der Waals surface area contributed by atoms with Crippen LogP contribution in [-0.2, 0) is 0 Å². The summed E-state index contributed by atoms with van der Waals surface area (Å²) >= 11 is 0. The third kappa shape index (κ3) is 4.00. The van der Waals surface area contributed by atoms with E-state index < -0.39 is 0 Å². The Bertz CT molecular complexity index is 1240. The van der Waals surface area contributed by atoms with E-state index in [0.717, 1.165) is 0 Å². The largest absolute Gasteiger partial charge is 0.0622 e. The van der Waals surface area contributed by atoms with Crippen LogP contribution in [0.1, 0.15) is 11.1 Å². The molecule has 0 amide bonds. The van der Waals surface area contributed by atoms with Crippen molar-refractivity contribution in [1.29, 1.82) is 0 Å². The zero-order valence-electron chi connectivity index (χ0n) is 18.5. The second-order valence-corrected chi connectivity index (χ2v) is 8.41. The first-order valence-corrected chi connectivity index (χ1v) is 11.1. The predicted octanol–water partition coefficient (Wildman–Crippen LogP) is 8.97. The Balaban J connectivity index is 1.58. The molecule has 5 aromatic rings. The van der Waals surface area contributed by atoms with Crippen LogP contribution < -0.4 is 0 Å². The smallest absolute Gasteiger partial charge is 0.0103 e. The van der Waals surface area contributed by atoms with Crippen molar-refractivity contribution in [2.24, 2.45) is 0 Å². The van der Waals surface area contributed by atoms with Gasteiger partial charge in [0.05, 0.1) is 0 Å². The normalized spacial score (nSPS) is 10.8. The van der Waals surface area contributed by atoms with Crippen molar-refractivity contribution in [3.8, 4) is 44.5 Å². The molecule has 154 valence electrons. The highest BCUT2D eigenvalue weighted by Gasteiger charge is 2.11. The molecule has 0 fully saturated rings. The van der Waals surface area contributed by atoms with Crippen molar-refractivity contribution < 1.29 is 0 Å². The van der Waals surface area contributed by atoms with E-state index in [1.54, 1.807) is 0 Å². The predicted molar refractivity (Wildman–Crippen MR) is 138 cm³/mol. The van der Waals surface area contributed by atoms with E-state index in [-0.39, 0.29) is 0 Å². The van der Waals surface area contributed by atoms with Gasteiger partial charge in [0, 0.05) is 0 Å². The van der Waals surface area contributed by atoms with E-state index in [0.29, 0.717) is 0 Å². The second kappa shape index (κ2) is 8.69. The molecule has 0 heterocycles. The molecule has 5 rings (SSSR count). The molecule has 5 aromatic carbocycles. The highest BCUT2D eigenvalue weighted by atomic mass is 14.1. The maximum atomic E-state index is 2.28. The quantitative estimate of drug-likeness (QED) is 0.277. The molecule has 0 aliphatic rings. The summed E-state index contributed by atoms with van der Waals surface area (Å²) in [5, 5.41) is 0. The highest BCUT2D eigenvalue weighted by molar-refractivity contribution is 5.87. The van der Waals surface area contributed by atoms with Gasteiger partial charge < -0.3 is 0 Å². The van der Waals surface area contributed by atoms with Gasteiger partial charge >= 0.3 is 0 Å². The fourth-order valence-electron chi connectivity index (χ4n) is 4.36. The van der Waals surface area contributed by atoms with Gasteiger partial charge in [-0.3, -0.25) is 0 Å². The first-order valence-electron chi connectivity index (χ1n) is 11.1. The van der Waals surface area contributed by atoms with Crippen LogP contribution in [0.5, 0.6) is 0 Å². The zero-order valence-corrected chi connectivity index (χ0v) is 18.5. The van der Waals surface area contributed by atoms with E-state index in [1.807, 2.05) is 0 Å². The van der Waals surface area contributed by atoms with Gasteiger partial charge in [-0.1, -0.05) is 132 Å². The monoisotopic (exact) mass is 410 g/mol. The molecule has 0 bridgehead atoms. The molecular weight excluding hydrogens is 384 g/mol. The standard InChI is InChI=1S/C32H26/c1-23-13-19-29(31(21-23)25-9-5-3-6-10-25)27-15-17-28(18-16-27)30-20-14-24(2)22-32(30)26-11-7-4-8-12-26/h3-22H,1-2H3. The summed E-state index contributed by atoms with van der Waals surface area (Å²) in [5.74, 6) is 0. The summed E-state index contributed by atoms with van der Waals surface area (Å²) in [7, 11) is 0. The van der Waals surface area contributed by atoms with Crippen LogP contribution in [0.3, 0.4) is 0 Å². The first kappa shape index (κ1) is 20.0. The minimum Gasteiger partial charge on any atom is -0.0622 e. The van der Waals surface area contributed by atoms with Gasteiger partial charge in [-0.15, -0.1) is 0 Å². The van der Waals surface area contributed by atoms with Crippen LogP contribution in [0.15, 0.2) is 121 Å². The van der Waals surface area contributed by atoms with Crippen molar-refractivity contribution in [1.82, 2.24) is 0 Å². The van der Waals surface area contributed by atoms with Crippen molar-refractivity contribution >= 4 is 0 Å². The van der Waals surface area contributed by atoms with Gasteiger partial charge in [-0.05, 0) is 58.4 Å². The Hall–Kier alpha value is -3.90. The molecule has 0 aliphatic heterocycles. The van der Waals surface area contributed by atoms with Gasteiger partial charge in [0.15, 0.2) is 0 Å². The molecule has 32 heavy (non-hydrogen) atoms. The average molecular weight is 411 g/mol. The Morgan fingerprint density at radius 3 is 1.03 bits per heavy atom. The Morgan fingerprint density at radius 2 is 0.656 bits per heavy atom. The topological polar surface area (TPSA) is 0 Å². The number of aryl methyl sites for hydroxylation is 2. The van der Waals surface area contributed by atoms with Crippen LogP contribution in [0, 0.1) is 13.8 Å². The molecule has 0 nitrogen and oxygen atoms in total. The van der Waals surface area contributed by atoms with Crippen molar-refractivity contribution in [2.45, 2.75) is 13.8 Å². The van der Waals surface area contributed by atoms with Crippen molar-refractivity contribution in [3.05, 3.63) is 132 Å². The zero-order chi connectivity index (χ0) is 21.9. The number of hydrogen-bond acceptors (Lipinski definition) is 0. The van der Waals surface area contributed by atoms with E-state index in [4.69, 9.17) is 0 Å². The molecule has 0 saturated heterocycles. The lowest BCUT2D eigenvalue weighted by Crippen LogP contribution is -1.89. The molecule has 0 spiro atoms. The summed E-state index contributed by atoms with van der Waals surface area (Å²) in [6, 6.07) is 43.8. The summed E-state index contributed by atoms with van der Waals surface area (Å²) in [6.07, 6.45) is 0. The summed E-state index contributed by atoms with van der Waals surface area (Å²) < 4.78 is 0. The molecule has 0 aliphatic carbocycles. The van der Waals surface area contributed by atoms with Crippen LogP contribution in [0.4, 0.5) is 0 Å². The minimum absolute atomic E-state index is 1.24. The van der Waals surface area contributed by atoms with Gasteiger partial charge in [-0.25, -0.2) is 0 Å². The molecule has 0 N–H and O–H groups in total. The Labute approximate surface area is 190 Å². The lowest BCUT2D eigenvalue weighted by Gasteiger charge is -2.14. The van der Waals surface area contributed by atoms with Gasteiger partial charge in [0.2, 0.25) is 0 Å². The fourth-order valence-corrected chi connectivity index (χ4v) is 4.36. The minimum atomic E-state index is 1.24. The SMILES string of the molecule is Cc1ccc(-c2ccc(-c3ccc(C)cc3-c3ccccc3)cc2)c(-c2ccccc2)c1. The maximum absolute atomic E-state index is 2.28. The van der Waals surface area contributed by atoms with Crippen LogP contribution in [0.25, 0.3) is 44.5 Å². The van der Waals surface area contributed by atoms with Crippen molar-refractivity contribution in [2.75, 3.05) is 0 Å².